The summed E-state index contributed by atoms with van der Waals surface area (Å²) in [6, 6.07) is 24.3. The summed E-state index contributed by atoms with van der Waals surface area (Å²) in [5.41, 5.74) is 13.9. The minimum Gasteiger partial charge on any atom is -0.456 e. The van der Waals surface area contributed by atoms with Crippen LogP contribution in [0.4, 0.5) is 0 Å². The van der Waals surface area contributed by atoms with Gasteiger partial charge < -0.3 is 14.6 Å². The van der Waals surface area contributed by atoms with Crippen LogP contribution in [0.3, 0.4) is 0 Å². The average molecular weight is 660 g/mol. The lowest BCUT2D eigenvalue weighted by atomic mass is 9.78. The molecular formula is C44H45N5O. The number of aliphatic imine (C=N–C) groups is 3. The maximum absolute atomic E-state index is 6.27. The third-order valence-corrected chi connectivity index (χ3v) is 10.7. The predicted octanol–water partition coefficient (Wildman–Crippen LogP) is 10.1. The summed E-state index contributed by atoms with van der Waals surface area (Å²) in [5, 5.41) is 4.84. The zero-order valence-electron chi connectivity index (χ0n) is 30.1. The van der Waals surface area contributed by atoms with Gasteiger partial charge in [-0.25, -0.2) is 0 Å². The number of rotatable bonds is 5. The van der Waals surface area contributed by atoms with Gasteiger partial charge in [-0.1, -0.05) is 55.5 Å². The largest absolute Gasteiger partial charge is 0.456 e. The van der Waals surface area contributed by atoms with Crippen LogP contribution in [0.2, 0.25) is 0 Å². The van der Waals surface area contributed by atoms with Crippen molar-refractivity contribution in [2.24, 2.45) is 20.9 Å². The maximum atomic E-state index is 6.27. The molecule has 6 heteroatoms. The van der Waals surface area contributed by atoms with Crippen molar-refractivity contribution in [2.75, 3.05) is 7.05 Å². The number of hydrogen-bond acceptors (Lipinski definition) is 6. The molecule has 6 nitrogen and oxygen atoms in total. The van der Waals surface area contributed by atoms with E-state index in [4.69, 9.17) is 19.4 Å². The molecule has 8 rings (SSSR count). The molecule has 252 valence electrons. The van der Waals surface area contributed by atoms with Crippen LogP contribution in [0, 0.1) is 5.92 Å². The van der Waals surface area contributed by atoms with Gasteiger partial charge in [0, 0.05) is 58.2 Å². The lowest BCUT2D eigenvalue weighted by Gasteiger charge is -2.33. The number of nitrogens with one attached hydrogen (secondary N) is 1. The Labute approximate surface area is 295 Å². The minimum atomic E-state index is -0.557. The van der Waals surface area contributed by atoms with Crippen molar-refractivity contribution >= 4 is 39.9 Å². The van der Waals surface area contributed by atoms with Crippen molar-refractivity contribution in [2.45, 2.75) is 72.1 Å². The highest BCUT2D eigenvalue weighted by molar-refractivity contribution is 6.07. The zero-order valence-corrected chi connectivity index (χ0v) is 30.1. The fourth-order valence-electron chi connectivity index (χ4n) is 8.16. The molecule has 3 aliphatic heterocycles. The van der Waals surface area contributed by atoms with Gasteiger partial charge in [0.15, 0.2) is 5.66 Å². The zero-order chi connectivity index (χ0) is 34.7. The van der Waals surface area contributed by atoms with Crippen molar-refractivity contribution < 1.29 is 4.42 Å². The van der Waals surface area contributed by atoms with E-state index in [2.05, 4.69) is 156 Å². The number of allylic oxidation sites excluding steroid dienone is 6. The summed E-state index contributed by atoms with van der Waals surface area (Å²) in [7, 11) is 2.12. The van der Waals surface area contributed by atoms with E-state index < -0.39 is 5.66 Å². The van der Waals surface area contributed by atoms with Crippen LogP contribution in [0.25, 0.3) is 22.7 Å². The molecule has 1 N–H and O–H groups in total. The molecule has 0 saturated heterocycles. The molecule has 4 aromatic rings. The van der Waals surface area contributed by atoms with Gasteiger partial charge in [0.05, 0.1) is 11.4 Å². The van der Waals surface area contributed by atoms with Gasteiger partial charge in [0.1, 0.15) is 17.5 Å². The summed E-state index contributed by atoms with van der Waals surface area (Å²) in [5.74, 6) is 1.23. The molecule has 0 spiro atoms. The molecule has 4 heterocycles. The van der Waals surface area contributed by atoms with E-state index in [9.17, 15) is 0 Å². The Hall–Kier alpha value is -5.23. The van der Waals surface area contributed by atoms with E-state index in [-0.39, 0.29) is 18.0 Å². The molecule has 0 fully saturated rings. The summed E-state index contributed by atoms with van der Waals surface area (Å²) in [4.78, 5) is 17.8. The van der Waals surface area contributed by atoms with Crippen LogP contribution >= 0.6 is 0 Å². The Bertz CT molecular complexity index is 2260. The molecule has 1 aliphatic carbocycles. The molecule has 0 saturated carbocycles. The van der Waals surface area contributed by atoms with Crippen LogP contribution in [0.1, 0.15) is 99.2 Å². The first-order valence-corrected chi connectivity index (χ1v) is 17.8. The second-order valence-electron chi connectivity index (χ2n) is 14.5. The SMILES string of the molecule is CC1=CC(C)=N[C@@](C)(c2cccc(C3=CC(c4ccc5oc6c(c5c4)CCC=C6)C(C)C(c4cccc(C5N=C(C)C=C(C)N5C)c4)=N3)c2)N1. The van der Waals surface area contributed by atoms with Gasteiger partial charge in [-0.2, -0.15) is 0 Å². The van der Waals surface area contributed by atoms with Crippen LogP contribution < -0.4 is 5.32 Å². The Morgan fingerprint density at radius 3 is 2.56 bits per heavy atom. The number of nitrogens with zero attached hydrogens (tertiary/aromatic N) is 4. The van der Waals surface area contributed by atoms with Crippen molar-refractivity contribution in [1.29, 1.82) is 0 Å². The van der Waals surface area contributed by atoms with Crippen LogP contribution in [-0.2, 0) is 12.1 Å². The Balaban J connectivity index is 1.25. The Morgan fingerprint density at radius 2 is 1.72 bits per heavy atom. The molecule has 4 atom stereocenters. The fourth-order valence-corrected chi connectivity index (χ4v) is 8.16. The molecule has 4 aliphatic rings. The van der Waals surface area contributed by atoms with E-state index >= 15 is 0 Å². The summed E-state index contributed by atoms with van der Waals surface area (Å²) < 4.78 is 6.27. The highest BCUT2D eigenvalue weighted by Gasteiger charge is 2.32. The number of benzene rings is 3. The summed E-state index contributed by atoms with van der Waals surface area (Å²) in [6.45, 7) is 12.8. The number of hydrogen-bond donors (Lipinski definition) is 1. The molecule has 1 aromatic heterocycles. The third kappa shape index (κ3) is 5.67. The molecule has 0 radical (unpaired) electrons. The van der Waals surface area contributed by atoms with Crippen molar-refractivity contribution in [3.8, 4) is 0 Å². The van der Waals surface area contributed by atoms with Crippen LogP contribution in [0.5, 0.6) is 0 Å². The predicted molar refractivity (Wildman–Crippen MR) is 208 cm³/mol. The first-order chi connectivity index (χ1) is 24.1. The molecular weight excluding hydrogens is 615 g/mol. The fraction of sp³-hybridized carbons (Fsp3) is 0.295. The third-order valence-electron chi connectivity index (χ3n) is 10.7. The topological polar surface area (TPSA) is 65.5 Å². The quantitative estimate of drug-likeness (QED) is 0.232. The maximum Gasteiger partial charge on any atom is 0.152 e. The van der Waals surface area contributed by atoms with Gasteiger partial charge in [0.2, 0.25) is 0 Å². The van der Waals surface area contributed by atoms with E-state index in [0.29, 0.717) is 0 Å². The second-order valence-corrected chi connectivity index (χ2v) is 14.5. The highest BCUT2D eigenvalue weighted by atomic mass is 16.3. The van der Waals surface area contributed by atoms with Gasteiger partial charge in [-0.15, -0.1) is 0 Å². The number of furan rings is 1. The average Bonchev–Trinajstić information content (AvgIpc) is 3.47. The first-order valence-electron chi connectivity index (χ1n) is 17.8. The lowest BCUT2D eigenvalue weighted by Crippen LogP contribution is -2.39. The van der Waals surface area contributed by atoms with Gasteiger partial charge >= 0.3 is 0 Å². The van der Waals surface area contributed by atoms with Crippen molar-refractivity contribution in [3.05, 3.63) is 142 Å². The Morgan fingerprint density at radius 1 is 0.900 bits per heavy atom. The van der Waals surface area contributed by atoms with Gasteiger partial charge in [0.25, 0.3) is 0 Å². The van der Waals surface area contributed by atoms with Crippen LogP contribution in [0.15, 0.2) is 122 Å². The van der Waals surface area contributed by atoms with Gasteiger partial charge in [-0.05, 0) is 118 Å². The standard InChI is InChI=1S/C44H45N5O/c1-26-21-29(4)49(7)43(45-26)34-14-10-13-33(22-34)42-30(5)37(31-18-19-41-38(24-31)36-16-8-9-17-40(36)50-41)25-39(46-42)32-12-11-15-35(23-32)44(6)47-27(2)20-28(3)48-44/h9-15,17-25,30,37,43,47H,8,16H2,1-7H3/t30?,37?,43?,44-/m0/s1. The first kappa shape index (κ1) is 32.0. The summed E-state index contributed by atoms with van der Waals surface area (Å²) >= 11 is 0. The van der Waals surface area contributed by atoms with Crippen molar-refractivity contribution in [3.63, 3.8) is 0 Å². The molecule has 3 unspecified atom stereocenters. The van der Waals surface area contributed by atoms with E-state index in [1.807, 2.05) is 0 Å². The monoisotopic (exact) mass is 659 g/mol. The van der Waals surface area contributed by atoms with E-state index in [1.54, 1.807) is 0 Å². The molecule has 3 aromatic carbocycles. The second kappa shape index (κ2) is 12.3. The van der Waals surface area contributed by atoms with E-state index in [1.165, 1.54) is 22.2 Å². The minimum absolute atomic E-state index is 0.0732. The Kier molecular flexibility index (Phi) is 7.86. The van der Waals surface area contributed by atoms with Gasteiger partial charge in [-0.3, -0.25) is 15.0 Å². The molecule has 0 amide bonds. The normalized spacial score (nSPS) is 24.8. The molecule has 0 bridgehead atoms. The lowest BCUT2D eigenvalue weighted by molar-refractivity contribution is 0.315. The van der Waals surface area contributed by atoms with Crippen LogP contribution in [-0.4, -0.2) is 29.1 Å². The molecule has 50 heavy (non-hydrogen) atoms. The number of fused-ring (bicyclic) bond motifs is 3. The number of aryl methyl sites for hydroxylation is 1. The van der Waals surface area contributed by atoms with E-state index in [0.717, 1.165) is 75.0 Å². The highest BCUT2D eigenvalue weighted by Crippen LogP contribution is 2.41. The smallest absolute Gasteiger partial charge is 0.152 e. The van der Waals surface area contributed by atoms with Crippen molar-refractivity contribution in [1.82, 2.24) is 10.2 Å². The summed E-state index contributed by atoms with van der Waals surface area (Å²) in [6.07, 6.45) is 12.9.